The monoisotopic (exact) mass is 268 g/mol. The van der Waals surface area contributed by atoms with E-state index in [9.17, 15) is 0 Å². The van der Waals surface area contributed by atoms with Crippen LogP contribution in [0.3, 0.4) is 0 Å². The molecule has 0 bridgehead atoms. The molecule has 1 rings (SSSR count). The van der Waals surface area contributed by atoms with Gasteiger partial charge in [0, 0.05) is 32.7 Å². The van der Waals surface area contributed by atoms with E-state index in [4.69, 9.17) is 0 Å². The molecule has 0 aromatic carbocycles. The molecule has 4 nitrogen and oxygen atoms in total. The zero-order valence-corrected chi connectivity index (χ0v) is 13.0. The summed E-state index contributed by atoms with van der Waals surface area (Å²) in [7, 11) is 1.84. The lowest BCUT2D eigenvalue weighted by Crippen LogP contribution is -2.46. The summed E-state index contributed by atoms with van der Waals surface area (Å²) in [5.74, 6) is 0.943. The van der Waals surface area contributed by atoms with E-state index in [0.29, 0.717) is 0 Å². The third-order valence-corrected chi connectivity index (χ3v) is 3.96. The molecule has 1 unspecified atom stereocenters. The van der Waals surface area contributed by atoms with E-state index in [0.717, 1.165) is 31.6 Å². The van der Waals surface area contributed by atoms with Crippen molar-refractivity contribution in [1.82, 2.24) is 15.5 Å². The van der Waals surface area contributed by atoms with Crippen LogP contribution in [0.4, 0.5) is 0 Å². The van der Waals surface area contributed by atoms with Gasteiger partial charge in [0.1, 0.15) is 0 Å². The van der Waals surface area contributed by atoms with Crippen LogP contribution >= 0.6 is 0 Å². The minimum Gasteiger partial charge on any atom is -0.356 e. The van der Waals surface area contributed by atoms with Gasteiger partial charge in [-0.1, -0.05) is 26.7 Å². The van der Waals surface area contributed by atoms with Crippen LogP contribution < -0.4 is 10.6 Å². The molecule has 4 heteroatoms. The average molecular weight is 268 g/mol. The summed E-state index contributed by atoms with van der Waals surface area (Å²) in [6.45, 7) is 8.91. The van der Waals surface area contributed by atoms with Gasteiger partial charge in [-0.25, -0.2) is 0 Å². The first-order valence-electron chi connectivity index (χ1n) is 8.00. The van der Waals surface area contributed by atoms with Gasteiger partial charge in [-0.15, -0.1) is 0 Å². The van der Waals surface area contributed by atoms with Crippen molar-refractivity contribution in [2.75, 3.05) is 33.2 Å². The predicted octanol–water partition coefficient (Wildman–Crippen LogP) is 2.22. The third kappa shape index (κ3) is 6.28. The van der Waals surface area contributed by atoms with Crippen LogP contribution in [-0.2, 0) is 0 Å². The number of hydrogen-bond donors (Lipinski definition) is 2. The molecule has 0 aliphatic carbocycles. The van der Waals surface area contributed by atoms with E-state index in [1.807, 2.05) is 7.05 Å². The Morgan fingerprint density at radius 2 is 2.00 bits per heavy atom. The lowest BCUT2D eigenvalue weighted by molar-refractivity contribution is 0.147. The highest BCUT2D eigenvalue weighted by atomic mass is 15.2. The molecule has 0 spiro atoms. The van der Waals surface area contributed by atoms with Crippen LogP contribution in [0.1, 0.15) is 52.4 Å². The fraction of sp³-hybridized carbons (Fsp3) is 0.933. The lowest BCUT2D eigenvalue weighted by atomic mass is 10.0. The van der Waals surface area contributed by atoms with E-state index in [-0.39, 0.29) is 0 Å². The second-order valence-electron chi connectivity index (χ2n) is 5.37. The highest BCUT2D eigenvalue weighted by molar-refractivity contribution is 5.79. The normalized spacial score (nSPS) is 21.4. The Labute approximate surface area is 119 Å². The highest BCUT2D eigenvalue weighted by Crippen LogP contribution is 2.18. The number of aliphatic imine (C=N–C) groups is 1. The van der Waals surface area contributed by atoms with Crippen LogP contribution in [-0.4, -0.2) is 50.1 Å². The van der Waals surface area contributed by atoms with E-state index in [2.05, 4.69) is 34.4 Å². The summed E-state index contributed by atoms with van der Waals surface area (Å²) >= 11 is 0. The largest absolute Gasteiger partial charge is 0.356 e. The predicted molar refractivity (Wildman–Crippen MR) is 83.8 cm³/mol. The number of nitrogens with one attached hydrogen (secondary N) is 2. The number of piperidine rings is 1. The minimum atomic E-state index is 0.797. The number of hydrogen-bond acceptors (Lipinski definition) is 2. The zero-order chi connectivity index (χ0) is 13.9. The summed E-state index contributed by atoms with van der Waals surface area (Å²) in [6, 6.07) is 0.797. The Hall–Kier alpha value is -0.770. The van der Waals surface area contributed by atoms with Crippen molar-refractivity contribution in [2.45, 2.75) is 58.4 Å². The Morgan fingerprint density at radius 3 is 2.68 bits per heavy atom. The molecule has 0 radical (unpaired) electrons. The van der Waals surface area contributed by atoms with Crippen LogP contribution in [0.2, 0.25) is 0 Å². The molecular formula is C15H32N4. The van der Waals surface area contributed by atoms with Gasteiger partial charge in [0.05, 0.1) is 0 Å². The summed E-state index contributed by atoms with van der Waals surface area (Å²) in [5, 5.41) is 6.77. The van der Waals surface area contributed by atoms with E-state index in [1.165, 1.54) is 45.1 Å². The van der Waals surface area contributed by atoms with Crippen molar-refractivity contribution in [3.63, 3.8) is 0 Å². The molecule has 19 heavy (non-hydrogen) atoms. The molecule has 1 aliphatic heterocycles. The van der Waals surface area contributed by atoms with Gasteiger partial charge in [-0.2, -0.15) is 0 Å². The van der Waals surface area contributed by atoms with E-state index in [1.54, 1.807) is 0 Å². The first kappa shape index (κ1) is 16.3. The van der Waals surface area contributed by atoms with Crippen LogP contribution in [0.15, 0.2) is 4.99 Å². The SMILES string of the molecule is CCCCNC(=NC)NCCN1CCCCC1CC. The molecule has 2 N–H and O–H groups in total. The molecule has 1 atom stereocenters. The number of guanidine groups is 1. The van der Waals surface area contributed by atoms with Crippen molar-refractivity contribution in [1.29, 1.82) is 0 Å². The second-order valence-corrected chi connectivity index (χ2v) is 5.37. The fourth-order valence-electron chi connectivity index (χ4n) is 2.74. The fourth-order valence-corrected chi connectivity index (χ4v) is 2.74. The Kier molecular flexibility index (Phi) is 8.63. The number of rotatable bonds is 7. The summed E-state index contributed by atoms with van der Waals surface area (Å²) in [4.78, 5) is 6.89. The van der Waals surface area contributed by atoms with Crippen molar-refractivity contribution in [3.8, 4) is 0 Å². The minimum absolute atomic E-state index is 0.797. The number of nitrogens with zero attached hydrogens (tertiary/aromatic N) is 2. The molecule has 1 heterocycles. The molecule has 0 saturated carbocycles. The number of unbranched alkanes of at least 4 members (excludes halogenated alkanes) is 1. The number of likely N-dealkylation sites (tertiary alicyclic amines) is 1. The van der Waals surface area contributed by atoms with Crippen molar-refractivity contribution in [2.24, 2.45) is 4.99 Å². The summed E-state index contributed by atoms with van der Waals surface area (Å²) < 4.78 is 0. The maximum Gasteiger partial charge on any atom is 0.191 e. The summed E-state index contributed by atoms with van der Waals surface area (Å²) in [6.07, 6.45) is 7.84. The van der Waals surface area contributed by atoms with Crippen LogP contribution in [0.25, 0.3) is 0 Å². The molecule has 0 aromatic rings. The maximum absolute atomic E-state index is 4.26. The Bertz CT molecular complexity index is 253. The molecule has 0 aromatic heterocycles. The first-order chi connectivity index (χ1) is 9.31. The van der Waals surface area contributed by atoms with Gasteiger partial charge < -0.3 is 10.6 Å². The van der Waals surface area contributed by atoms with Crippen molar-refractivity contribution >= 4 is 5.96 Å². The van der Waals surface area contributed by atoms with Crippen molar-refractivity contribution in [3.05, 3.63) is 0 Å². The first-order valence-corrected chi connectivity index (χ1v) is 8.00. The second kappa shape index (κ2) is 10.1. The van der Waals surface area contributed by atoms with Gasteiger partial charge in [0.15, 0.2) is 5.96 Å². The van der Waals surface area contributed by atoms with E-state index >= 15 is 0 Å². The molecule has 0 amide bonds. The van der Waals surface area contributed by atoms with E-state index < -0.39 is 0 Å². The molecule has 1 fully saturated rings. The standard InChI is InChI=1S/C15H32N4/c1-4-6-10-17-15(16-3)18-11-13-19-12-8-7-9-14(19)5-2/h14H,4-13H2,1-3H3,(H2,16,17,18). The van der Waals surface area contributed by atoms with Gasteiger partial charge in [0.2, 0.25) is 0 Å². The van der Waals surface area contributed by atoms with Gasteiger partial charge in [-0.05, 0) is 32.2 Å². The zero-order valence-electron chi connectivity index (χ0n) is 13.0. The quantitative estimate of drug-likeness (QED) is 0.422. The summed E-state index contributed by atoms with van der Waals surface area (Å²) in [5.41, 5.74) is 0. The molecule has 1 saturated heterocycles. The van der Waals surface area contributed by atoms with Crippen LogP contribution in [0, 0.1) is 0 Å². The highest BCUT2D eigenvalue weighted by Gasteiger charge is 2.19. The molecule has 112 valence electrons. The Morgan fingerprint density at radius 1 is 1.21 bits per heavy atom. The third-order valence-electron chi connectivity index (χ3n) is 3.96. The average Bonchev–Trinajstić information content (AvgIpc) is 2.46. The van der Waals surface area contributed by atoms with Gasteiger partial charge in [0.25, 0.3) is 0 Å². The molecule has 1 aliphatic rings. The topological polar surface area (TPSA) is 39.7 Å². The Balaban J connectivity index is 2.20. The van der Waals surface area contributed by atoms with Gasteiger partial charge >= 0.3 is 0 Å². The van der Waals surface area contributed by atoms with Gasteiger partial charge in [-0.3, -0.25) is 9.89 Å². The lowest BCUT2D eigenvalue weighted by Gasteiger charge is -2.35. The smallest absolute Gasteiger partial charge is 0.191 e. The van der Waals surface area contributed by atoms with Crippen molar-refractivity contribution < 1.29 is 0 Å². The maximum atomic E-state index is 4.26. The molecular weight excluding hydrogens is 236 g/mol. The van der Waals surface area contributed by atoms with Crippen LogP contribution in [0.5, 0.6) is 0 Å².